The van der Waals surface area contributed by atoms with Crippen molar-refractivity contribution in [2.24, 2.45) is 0 Å². The Morgan fingerprint density at radius 2 is 1.32 bits per heavy atom. The van der Waals surface area contributed by atoms with Crippen LogP contribution in [0.15, 0.2) is 54.6 Å². The second-order valence-corrected chi connectivity index (χ2v) is 5.93. The number of carboxylic acid groups (broad SMARTS) is 1. The number of para-hydroxylation sites is 1. The van der Waals surface area contributed by atoms with Gasteiger partial charge in [-0.3, -0.25) is 4.79 Å². The van der Waals surface area contributed by atoms with Crippen LogP contribution in [-0.4, -0.2) is 16.9 Å². The summed E-state index contributed by atoms with van der Waals surface area (Å²) in [5, 5.41) is 13.0. The number of benzene rings is 5. The maximum absolute atomic E-state index is 12.9. The Balaban J connectivity index is 1.93. The van der Waals surface area contributed by atoms with Crippen molar-refractivity contribution in [3.05, 3.63) is 71.3 Å². The monoisotopic (exact) mass is 330 g/mol. The summed E-state index contributed by atoms with van der Waals surface area (Å²) in [6.07, 6.45) is 0. The van der Waals surface area contributed by atoms with Crippen molar-refractivity contribution in [2.75, 3.05) is 11.5 Å². The molecule has 5 N–H and O–H groups in total. The van der Waals surface area contributed by atoms with E-state index in [0.29, 0.717) is 11.3 Å². The van der Waals surface area contributed by atoms with Crippen molar-refractivity contribution in [1.82, 2.24) is 0 Å². The van der Waals surface area contributed by atoms with Gasteiger partial charge >= 0.3 is 5.97 Å². The fraction of sp³-hybridized carbons (Fsp3) is 0. The molecule has 0 aliphatic rings. The van der Waals surface area contributed by atoms with E-state index in [9.17, 15) is 14.7 Å². The van der Waals surface area contributed by atoms with Gasteiger partial charge in [0.25, 0.3) is 0 Å². The zero-order chi connectivity index (χ0) is 17.7. The summed E-state index contributed by atoms with van der Waals surface area (Å²) in [7, 11) is 0. The topological polar surface area (TPSA) is 106 Å². The Bertz CT molecular complexity index is 1140. The molecule has 5 heteroatoms. The zero-order valence-corrected chi connectivity index (χ0v) is 13.1. The van der Waals surface area contributed by atoms with Crippen LogP contribution in [-0.2, 0) is 0 Å². The van der Waals surface area contributed by atoms with Gasteiger partial charge in [-0.15, -0.1) is 0 Å². The molecule has 5 rings (SSSR count). The van der Waals surface area contributed by atoms with Gasteiger partial charge < -0.3 is 16.6 Å². The number of rotatable bonds is 3. The number of nitrogen functional groups attached to an aromatic ring is 2. The van der Waals surface area contributed by atoms with E-state index < -0.39 is 5.97 Å². The molecule has 122 valence electrons. The molecule has 0 unspecified atom stereocenters. The van der Waals surface area contributed by atoms with Crippen LogP contribution in [0, 0.1) is 0 Å². The molecule has 2 bridgehead atoms. The van der Waals surface area contributed by atoms with E-state index in [-0.39, 0.29) is 22.6 Å². The van der Waals surface area contributed by atoms with E-state index in [1.807, 2.05) is 30.3 Å². The Morgan fingerprint density at radius 3 is 2.00 bits per heavy atom. The Hall–Kier alpha value is -3.60. The van der Waals surface area contributed by atoms with Crippen LogP contribution in [0.2, 0.25) is 0 Å². The summed E-state index contributed by atoms with van der Waals surface area (Å²) in [6.45, 7) is 0. The van der Waals surface area contributed by atoms with Gasteiger partial charge in [-0.2, -0.15) is 0 Å². The highest BCUT2D eigenvalue weighted by atomic mass is 16.4. The molecule has 0 atom stereocenters. The minimum Gasteiger partial charge on any atom is -0.478 e. The minimum absolute atomic E-state index is 0.0551. The molecule has 0 amide bonds. The molecule has 0 aliphatic carbocycles. The summed E-state index contributed by atoms with van der Waals surface area (Å²) in [5.41, 5.74) is 12.9. The number of anilines is 2. The molecule has 0 saturated carbocycles. The van der Waals surface area contributed by atoms with Crippen molar-refractivity contribution in [3.63, 3.8) is 0 Å². The molecule has 0 spiro atoms. The maximum atomic E-state index is 12.9. The third kappa shape index (κ3) is 2.10. The molecule has 5 nitrogen and oxygen atoms in total. The Morgan fingerprint density at radius 1 is 0.720 bits per heavy atom. The molecule has 0 saturated heterocycles. The first-order chi connectivity index (χ1) is 12.0. The first-order valence-corrected chi connectivity index (χ1v) is 7.69. The highest BCUT2D eigenvalue weighted by Gasteiger charge is 2.21. The van der Waals surface area contributed by atoms with E-state index in [2.05, 4.69) is 0 Å². The molecule has 0 heterocycles. The van der Waals surface area contributed by atoms with E-state index in [1.165, 1.54) is 18.2 Å². The molecule has 0 fully saturated rings. The largest absolute Gasteiger partial charge is 0.478 e. The van der Waals surface area contributed by atoms with Crippen molar-refractivity contribution in [3.8, 4) is 0 Å². The minimum atomic E-state index is -1.18. The Kier molecular flexibility index (Phi) is 3.12. The quantitative estimate of drug-likeness (QED) is 0.393. The summed E-state index contributed by atoms with van der Waals surface area (Å²) < 4.78 is 0. The van der Waals surface area contributed by atoms with Crippen molar-refractivity contribution >= 4 is 44.7 Å². The van der Waals surface area contributed by atoms with Crippen molar-refractivity contribution in [1.29, 1.82) is 0 Å². The van der Waals surface area contributed by atoms with Gasteiger partial charge in [0.1, 0.15) is 0 Å². The molecule has 0 aromatic heterocycles. The van der Waals surface area contributed by atoms with Crippen molar-refractivity contribution < 1.29 is 14.7 Å². The van der Waals surface area contributed by atoms with Gasteiger partial charge in [0.2, 0.25) is 0 Å². The zero-order valence-electron chi connectivity index (χ0n) is 13.1. The average molecular weight is 330 g/mol. The third-order valence-corrected chi connectivity index (χ3v) is 4.56. The first-order valence-electron chi connectivity index (χ1n) is 7.69. The summed E-state index contributed by atoms with van der Waals surface area (Å²) in [5.74, 6) is -1.56. The number of hydrogen-bond acceptors (Lipinski definition) is 4. The summed E-state index contributed by atoms with van der Waals surface area (Å²) in [4.78, 5) is 24.2. The third-order valence-electron chi connectivity index (χ3n) is 4.56. The van der Waals surface area contributed by atoms with E-state index in [0.717, 1.165) is 21.5 Å². The van der Waals surface area contributed by atoms with Gasteiger partial charge in [0.15, 0.2) is 5.78 Å². The van der Waals surface area contributed by atoms with Crippen LogP contribution < -0.4 is 11.5 Å². The number of hydrogen-bond donors (Lipinski definition) is 3. The van der Waals surface area contributed by atoms with E-state index in [4.69, 9.17) is 11.5 Å². The van der Waals surface area contributed by atoms with Gasteiger partial charge in [-0.1, -0.05) is 36.4 Å². The number of fused-ring (bicyclic) bond motifs is 2. The van der Waals surface area contributed by atoms with Crippen LogP contribution in [0.3, 0.4) is 0 Å². The SMILES string of the molecule is Nc1c(C(=O)O)cccc1C(=O)c1ccc2c3ccc(cc3)c2c1N. The maximum Gasteiger partial charge on any atom is 0.337 e. The highest BCUT2D eigenvalue weighted by molar-refractivity contribution is 6.23. The first kappa shape index (κ1) is 15.0. The molecule has 0 radical (unpaired) electrons. The van der Waals surface area contributed by atoms with Crippen molar-refractivity contribution in [2.45, 2.75) is 0 Å². The number of aromatic carboxylic acids is 1. The lowest BCUT2D eigenvalue weighted by Gasteiger charge is -2.14. The van der Waals surface area contributed by atoms with Crippen LogP contribution in [0.4, 0.5) is 11.4 Å². The average Bonchev–Trinajstić information content (AvgIpc) is 2.62. The van der Waals surface area contributed by atoms with Crippen LogP contribution in [0.1, 0.15) is 26.3 Å². The molecule has 0 aliphatic heterocycles. The predicted octanol–water partition coefficient (Wildman–Crippen LogP) is 3.52. The number of ketones is 1. The smallest absolute Gasteiger partial charge is 0.337 e. The fourth-order valence-corrected chi connectivity index (χ4v) is 3.28. The number of carbonyl (C=O) groups excluding carboxylic acids is 1. The lowest BCUT2D eigenvalue weighted by molar-refractivity contribution is 0.0698. The second-order valence-electron chi connectivity index (χ2n) is 5.93. The lowest BCUT2D eigenvalue weighted by atomic mass is 9.92. The predicted molar refractivity (Wildman–Crippen MR) is 98.3 cm³/mol. The molecule has 25 heavy (non-hydrogen) atoms. The van der Waals surface area contributed by atoms with Gasteiger partial charge in [0.05, 0.1) is 16.9 Å². The van der Waals surface area contributed by atoms with E-state index in [1.54, 1.807) is 6.07 Å². The normalized spacial score (nSPS) is 11.2. The standard InChI is InChI=1S/C20H14N2O3/c21-17-13(2-1-3-15(17)20(24)25)19(23)14-9-8-12-10-4-6-11(7-5-10)16(12)18(14)22/h1-9H,21-22H2,(H,24,25). The van der Waals surface area contributed by atoms with Crippen LogP contribution in [0.25, 0.3) is 21.5 Å². The number of carbonyl (C=O) groups is 2. The van der Waals surface area contributed by atoms with Crippen LogP contribution in [0.5, 0.6) is 0 Å². The number of nitrogens with two attached hydrogens (primary N) is 2. The van der Waals surface area contributed by atoms with Gasteiger partial charge in [0, 0.05) is 16.5 Å². The molecular formula is C20H14N2O3. The molecule has 5 aromatic rings. The summed E-state index contributed by atoms with van der Waals surface area (Å²) in [6, 6.07) is 15.8. The molecule has 5 aromatic carbocycles. The Labute approximate surface area is 142 Å². The fourth-order valence-electron chi connectivity index (χ4n) is 3.28. The number of carboxylic acids is 1. The van der Waals surface area contributed by atoms with Gasteiger partial charge in [-0.25, -0.2) is 4.79 Å². The molecular weight excluding hydrogens is 316 g/mol. The van der Waals surface area contributed by atoms with Gasteiger partial charge in [-0.05, 0) is 34.4 Å². The van der Waals surface area contributed by atoms with E-state index >= 15 is 0 Å². The summed E-state index contributed by atoms with van der Waals surface area (Å²) >= 11 is 0. The second kappa shape index (κ2) is 5.21. The lowest BCUT2D eigenvalue weighted by Crippen LogP contribution is -2.12. The van der Waals surface area contributed by atoms with Crippen LogP contribution >= 0.6 is 0 Å². The highest BCUT2D eigenvalue weighted by Crippen LogP contribution is 2.35.